The predicted octanol–water partition coefficient (Wildman–Crippen LogP) is 2.34. The zero-order valence-electron chi connectivity index (χ0n) is 8.81. The number of nitrogens with zero attached hydrogens (tertiary/aromatic N) is 3. The molecule has 0 aromatic carbocycles. The molecule has 88 valence electrons. The summed E-state index contributed by atoms with van der Waals surface area (Å²) in [6.45, 7) is 0. The molecule has 0 saturated carbocycles. The van der Waals surface area contributed by atoms with E-state index in [0.29, 0.717) is 11.6 Å². The third kappa shape index (κ3) is 3.21. The topological polar surface area (TPSA) is 113 Å². The van der Waals surface area contributed by atoms with Crippen LogP contribution in [-0.4, -0.2) is 14.9 Å². The van der Waals surface area contributed by atoms with E-state index < -0.39 is 4.92 Å². The Morgan fingerprint density at radius 1 is 1.18 bits per heavy atom. The van der Waals surface area contributed by atoms with Gasteiger partial charge in [0.2, 0.25) is 5.88 Å². The van der Waals surface area contributed by atoms with Gasteiger partial charge in [-0.1, -0.05) is 6.07 Å². The van der Waals surface area contributed by atoms with E-state index in [1.54, 1.807) is 24.4 Å². The quantitative estimate of drug-likeness (QED) is 0.644. The molecule has 0 unspecified atom stereocenters. The van der Waals surface area contributed by atoms with Gasteiger partial charge in [0, 0.05) is 18.3 Å². The standard InChI is InChI=1S/C10H7N3O3.H3N/c14-13(15)9-5-4-8(7-12-9)16-10-3-1-2-6-11-10;/h1-7H;1H3. The Morgan fingerprint density at radius 2 is 2.00 bits per heavy atom. The molecule has 0 aliphatic carbocycles. The molecule has 0 fully saturated rings. The fourth-order valence-corrected chi connectivity index (χ4v) is 1.07. The van der Waals surface area contributed by atoms with Crippen molar-refractivity contribution < 1.29 is 9.66 Å². The lowest BCUT2D eigenvalue weighted by molar-refractivity contribution is -0.389. The third-order valence-corrected chi connectivity index (χ3v) is 1.77. The van der Waals surface area contributed by atoms with Crippen molar-refractivity contribution in [2.75, 3.05) is 0 Å². The number of nitro groups is 1. The molecule has 7 nitrogen and oxygen atoms in total. The molecule has 3 N–H and O–H groups in total. The van der Waals surface area contributed by atoms with Gasteiger partial charge in [0.25, 0.3) is 0 Å². The van der Waals surface area contributed by atoms with Gasteiger partial charge in [-0.05, 0) is 22.0 Å². The second-order valence-electron chi connectivity index (χ2n) is 2.88. The average molecular weight is 234 g/mol. The van der Waals surface area contributed by atoms with Gasteiger partial charge in [-0.3, -0.25) is 0 Å². The Kier molecular flexibility index (Phi) is 4.07. The first-order valence-electron chi connectivity index (χ1n) is 4.45. The van der Waals surface area contributed by atoms with Crippen molar-refractivity contribution in [2.24, 2.45) is 0 Å². The highest BCUT2D eigenvalue weighted by atomic mass is 16.6. The minimum absolute atomic E-state index is 0. The van der Waals surface area contributed by atoms with Crippen LogP contribution in [0.5, 0.6) is 11.6 Å². The number of pyridine rings is 2. The van der Waals surface area contributed by atoms with E-state index in [0.717, 1.165) is 0 Å². The van der Waals surface area contributed by atoms with Crippen LogP contribution in [0.15, 0.2) is 42.7 Å². The fraction of sp³-hybridized carbons (Fsp3) is 0. The highest BCUT2D eigenvalue weighted by Crippen LogP contribution is 2.19. The van der Waals surface area contributed by atoms with Crippen molar-refractivity contribution in [3.63, 3.8) is 0 Å². The second-order valence-corrected chi connectivity index (χ2v) is 2.88. The van der Waals surface area contributed by atoms with Crippen LogP contribution in [0.3, 0.4) is 0 Å². The Morgan fingerprint density at radius 3 is 2.53 bits per heavy atom. The third-order valence-electron chi connectivity index (χ3n) is 1.77. The summed E-state index contributed by atoms with van der Waals surface area (Å²) in [4.78, 5) is 17.4. The SMILES string of the molecule is N.O=[N+]([O-])c1ccc(Oc2ccccn2)cn1. The molecule has 7 heteroatoms. The molecule has 0 aliphatic rings. The summed E-state index contributed by atoms with van der Waals surface area (Å²) in [6, 6.07) is 7.97. The van der Waals surface area contributed by atoms with Crippen LogP contribution >= 0.6 is 0 Å². The first kappa shape index (κ1) is 12.5. The van der Waals surface area contributed by atoms with Crippen molar-refractivity contribution in [1.29, 1.82) is 0 Å². The van der Waals surface area contributed by atoms with Gasteiger partial charge in [0.15, 0.2) is 11.9 Å². The van der Waals surface area contributed by atoms with Gasteiger partial charge in [-0.2, -0.15) is 0 Å². The number of rotatable bonds is 3. The van der Waals surface area contributed by atoms with Crippen molar-refractivity contribution in [2.45, 2.75) is 0 Å². The van der Waals surface area contributed by atoms with Crippen LogP contribution in [0.25, 0.3) is 0 Å². The monoisotopic (exact) mass is 234 g/mol. The van der Waals surface area contributed by atoms with E-state index in [1.165, 1.54) is 18.3 Å². The minimum atomic E-state index is -0.565. The molecule has 0 aliphatic heterocycles. The summed E-state index contributed by atoms with van der Waals surface area (Å²) in [5.41, 5.74) is 0. The van der Waals surface area contributed by atoms with Crippen LogP contribution in [0.4, 0.5) is 5.82 Å². The molecule has 2 rings (SSSR count). The minimum Gasteiger partial charge on any atom is -0.435 e. The van der Waals surface area contributed by atoms with E-state index in [-0.39, 0.29) is 12.0 Å². The van der Waals surface area contributed by atoms with E-state index >= 15 is 0 Å². The Hall–Kier alpha value is -2.54. The van der Waals surface area contributed by atoms with Crippen LogP contribution in [-0.2, 0) is 0 Å². The van der Waals surface area contributed by atoms with Gasteiger partial charge >= 0.3 is 5.82 Å². The Labute approximate surface area is 96.8 Å². The summed E-state index contributed by atoms with van der Waals surface area (Å²) >= 11 is 0. The molecule has 0 saturated heterocycles. The Bertz CT molecular complexity index is 487. The van der Waals surface area contributed by atoms with Crippen LogP contribution in [0.1, 0.15) is 0 Å². The van der Waals surface area contributed by atoms with E-state index in [9.17, 15) is 10.1 Å². The molecule has 0 atom stereocenters. The number of ether oxygens (including phenoxy) is 1. The molecule has 2 aromatic heterocycles. The number of aromatic nitrogens is 2. The zero-order chi connectivity index (χ0) is 11.4. The maximum absolute atomic E-state index is 10.4. The maximum atomic E-state index is 10.4. The molecular formula is C10H10N4O3. The predicted molar refractivity (Wildman–Crippen MR) is 60.2 cm³/mol. The summed E-state index contributed by atoms with van der Waals surface area (Å²) in [5, 5.41) is 10.4. The largest absolute Gasteiger partial charge is 0.435 e. The molecule has 0 amide bonds. The molecule has 0 bridgehead atoms. The first-order chi connectivity index (χ1) is 7.75. The number of hydrogen-bond acceptors (Lipinski definition) is 6. The van der Waals surface area contributed by atoms with Crippen LogP contribution in [0, 0.1) is 10.1 Å². The highest BCUT2D eigenvalue weighted by molar-refractivity contribution is 5.29. The molecule has 2 heterocycles. The molecule has 0 radical (unpaired) electrons. The van der Waals surface area contributed by atoms with Crippen molar-refractivity contribution in [3.05, 3.63) is 52.8 Å². The van der Waals surface area contributed by atoms with Crippen molar-refractivity contribution in [3.8, 4) is 11.6 Å². The van der Waals surface area contributed by atoms with Gasteiger partial charge < -0.3 is 21.0 Å². The summed E-state index contributed by atoms with van der Waals surface area (Å²) in [7, 11) is 0. The second kappa shape index (κ2) is 5.52. The van der Waals surface area contributed by atoms with Gasteiger partial charge in [-0.25, -0.2) is 4.98 Å². The zero-order valence-corrected chi connectivity index (χ0v) is 8.81. The lowest BCUT2D eigenvalue weighted by atomic mass is 10.4. The maximum Gasteiger partial charge on any atom is 0.363 e. The average Bonchev–Trinajstić information content (AvgIpc) is 2.31. The molecule has 0 spiro atoms. The summed E-state index contributed by atoms with van der Waals surface area (Å²) < 4.78 is 5.32. The van der Waals surface area contributed by atoms with Crippen LogP contribution in [0.2, 0.25) is 0 Å². The summed E-state index contributed by atoms with van der Waals surface area (Å²) in [5.74, 6) is 0.607. The van der Waals surface area contributed by atoms with Crippen molar-refractivity contribution in [1.82, 2.24) is 16.1 Å². The van der Waals surface area contributed by atoms with Gasteiger partial charge in [0.1, 0.15) is 0 Å². The van der Waals surface area contributed by atoms with E-state index in [4.69, 9.17) is 4.74 Å². The smallest absolute Gasteiger partial charge is 0.363 e. The molecular weight excluding hydrogens is 224 g/mol. The molecule has 2 aromatic rings. The first-order valence-corrected chi connectivity index (χ1v) is 4.45. The normalized spacial score (nSPS) is 9.18. The van der Waals surface area contributed by atoms with Crippen molar-refractivity contribution >= 4 is 5.82 Å². The molecule has 17 heavy (non-hydrogen) atoms. The fourth-order valence-electron chi connectivity index (χ4n) is 1.07. The number of hydrogen-bond donors (Lipinski definition) is 1. The van der Waals surface area contributed by atoms with E-state index in [1.807, 2.05) is 0 Å². The van der Waals surface area contributed by atoms with E-state index in [2.05, 4.69) is 9.97 Å². The lowest BCUT2D eigenvalue weighted by Gasteiger charge is -2.01. The lowest BCUT2D eigenvalue weighted by Crippen LogP contribution is -1.92. The van der Waals surface area contributed by atoms with Gasteiger partial charge in [0.05, 0.1) is 0 Å². The van der Waals surface area contributed by atoms with Crippen LogP contribution < -0.4 is 10.9 Å². The Balaban J connectivity index is 0.00000144. The summed E-state index contributed by atoms with van der Waals surface area (Å²) in [6.07, 6.45) is 2.88. The highest BCUT2D eigenvalue weighted by Gasteiger charge is 2.07. The van der Waals surface area contributed by atoms with Gasteiger partial charge in [-0.15, -0.1) is 0 Å².